The third-order valence-corrected chi connectivity index (χ3v) is 3.22. The van der Waals surface area contributed by atoms with Crippen molar-refractivity contribution < 1.29 is 9.47 Å². The van der Waals surface area contributed by atoms with E-state index in [1.807, 2.05) is 31.6 Å². The van der Waals surface area contributed by atoms with Crippen LogP contribution in [0, 0.1) is 5.92 Å². The van der Waals surface area contributed by atoms with Gasteiger partial charge in [0, 0.05) is 31.9 Å². The molecule has 0 aliphatic rings. The molecule has 1 aromatic carbocycles. The minimum Gasteiger partial charge on any atom is -0.493 e. The molecule has 5 nitrogen and oxygen atoms in total. The lowest BCUT2D eigenvalue weighted by molar-refractivity contribution is 0.256. The minimum absolute atomic E-state index is 0.491. The van der Waals surface area contributed by atoms with Crippen LogP contribution in [0.15, 0.2) is 30.6 Å². The van der Waals surface area contributed by atoms with Gasteiger partial charge in [-0.05, 0) is 23.6 Å². The summed E-state index contributed by atoms with van der Waals surface area (Å²) in [5.41, 5.74) is 2.34. The molecule has 120 valence electrons. The number of nitrogens with zero attached hydrogens (tertiary/aromatic N) is 2. The van der Waals surface area contributed by atoms with Crippen molar-refractivity contribution in [3.8, 4) is 11.5 Å². The molecule has 0 aliphatic heterocycles. The van der Waals surface area contributed by atoms with Gasteiger partial charge in [0.1, 0.15) is 0 Å². The van der Waals surface area contributed by atoms with Crippen LogP contribution >= 0.6 is 0 Å². The Bertz CT molecular complexity index is 593. The smallest absolute Gasteiger partial charge is 0.161 e. The van der Waals surface area contributed by atoms with Gasteiger partial charge in [0.2, 0.25) is 0 Å². The number of ether oxygens (including phenoxy) is 2. The first-order chi connectivity index (χ1) is 10.6. The normalized spacial score (nSPS) is 11.0. The van der Waals surface area contributed by atoms with Gasteiger partial charge >= 0.3 is 0 Å². The van der Waals surface area contributed by atoms with E-state index < -0.39 is 0 Å². The molecule has 0 amide bonds. The zero-order valence-electron chi connectivity index (χ0n) is 13.8. The highest BCUT2D eigenvalue weighted by atomic mass is 16.5. The maximum atomic E-state index is 5.76. The SMILES string of the molecule is COc1cc(CNCc2cnn(C)c2)ccc1OCC(C)C. The number of aryl methyl sites for hydroxylation is 1. The highest BCUT2D eigenvalue weighted by Gasteiger charge is 2.07. The Morgan fingerprint density at radius 3 is 2.59 bits per heavy atom. The standard InChI is InChI=1S/C17H25N3O2/c1-13(2)12-22-16-6-5-14(7-17(16)21-4)8-18-9-15-10-19-20(3)11-15/h5-7,10-11,13,18H,8-9,12H2,1-4H3. The van der Waals surface area contributed by atoms with Gasteiger partial charge in [-0.25, -0.2) is 0 Å². The van der Waals surface area contributed by atoms with Gasteiger partial charge in [-0.2, -0.15) is 5.10 Å². The molecule has 2 rings (SSSR count). The highest BCUT2D eigenvalue weighted by Crippen LogP contribution is 2.28. The maximum Gasteiger partial charge on any atom is 0.161 e. The molecule has 0 spiro atoms. The Hall–Kier alpha value is -2.01. The van der Waals surface area contributed by atoms with Gasteiger partial charge in [0.25, 0.3) is 0 Å². The van der Waals surface area contributed by atoms with Crippen molar-refractivity contribution in [2.24, 2.45) is 13.0 Å². The Kier molecular flexibility index (Phi) is 5.83. The van der Waals surface area contributed by atoms with Crippen molar-refractivity contribution in [3.63, 3.8) is 0 Å². The van der Waals surface area contributed by atoms with Gasteiger partial charge < -0.3 is 14.8 Å². The Labute approximate surface area is 132 Å². The van der Waals surface area contributed by atoms with E-state index in [1.165, 1.54) is 5.56 Å². The van der Waals surface area contributed by atoms with Crippen molar-refractivity contribution in [1.82, 2.24) is 15.1 Å². The average Bonchev–Trinajstić information content (AvgIpc) is 2.91. The van der Waals surface area contributed by atoms with E-state index in [0.29, 0.717) is 12.5 Å². The summed E-state index contributed by atoms with van der Waals surface area (Å²) in [6.07, 6.45) is 3.88. The number of hydrogen-bond acceptors (Lipinski definition) is 4. The molecule has 1 aromatic heterocycles. The van der Waals surface area contributed by atoms with Gasteiger partial charge in [-0.3, -0.25) is 4.68 Å². The highest BCUT2D eigenvalue weighted by molar-refractivity contribution is 5.43. The summed E-state index contributed by atoms with van der Waals surface area (Å²) in [7, 11) is 3.59. The van der Waals surface area contributed by atoms with Crippen molar-refractivity contribution >= 4 is 0 Å². The van der Waals surface area contributed by atoms with Crippen LogP contribution in [0.1, 0.15) is 25.0 Å². The van der Waals surface area contributed by atoms with Gasteiger partial charge in [0.15, 0.2) is 11.5 Å². The first-order valence-corrected chi connectivity index (χ1v) is 7.56. The van der Waals surface area contributed by atoms with E-state index in [0.717, 1.165) is 30.2 Å². The summed E-state index contributed by atoms with van der Waals surface area (Å²) >= 11 is 0. The Morgan fingerprint density at radius 1 is 1.18 bits per heavy atom. The zero-order chi connectivity index (χ0) is 15.9. The molecule has 22 heavy (non-hydrogen) atoms. The van der Waals surface area contributed by atoms with E-state index in [2.05, 4.69) is 30.3 Å². The fourth-order valence-electron chi connectivity index (χ4n) is 2.11. The van der Waals surface area contributed by atoms with Crippen LogP contribution in [0.4, 0.5) is 0 Å². The van der Waals surface area contributed by atoms with Gasteiger partial charge in [-0.15, -0.1) is 0 Å². The first kappa shape index (κ1) is 16.4. The first-order valence-electron chi connectivity index (χ1n) is 7.56. The van der Waals surface area contributed by atoms with E-state index in [4.69, 9.17) is 9.47 Å². The van der Waals surface area contributed by atoms with Crippen LogP contribution in [0.3, 0.4) is 0 Å². The van der Waals surface area contributed by atoms with Gasteiger partial charge in [-0.1, -0.05) is 19.9 Å². The van der Waals surface area contributed by atoms with Crippen molar-refractivity contribution in [3.05, 3.63) is 41.7 Å². The largest absolute Gasteiger partial charge is 0.493 e. The summed E-state index contributed by atoms with van der Waals surface area (Å²) < 4.78 is 13.0. The second kappa shape index (κ2) is 7.84. The molecule has 0 saturated heterocycles. The molecule has 5 heteroatoms. The van der Waals surface area contributed by atoms with E-state index in [-0.39, 0.29) is 0 Å². The predicted octanol–water partition coefficient (Wildman–Crippen LogP) is 2.75. The summed E-state index contributed by atoms with van der Waals surface area (Å²) in [6.45, 7) is 6.51. The number of nitrogens with one attached hydrogen (secondary N) is 1. The Balaban J connectivity index is 1.91. The van der Waals surface area contributed by atoms with E-state index in [1.54, 1.807) is 11.8 Å². The number of hydrogen-bond donors (Lipinski definition) is 1. The Morgan fingerprint density at radius 2 is 1.95 bits per heavy atom. The quantitative estimate of drug-likeness (QED) is 0.814. The molecule has 0 bridgehead atoms. The predicted molar refractivity (Wildman–Crippen MR) is 87.1 cm³/mol. The van der Waals surface area contributed by atoms with Crippen LogP contribution in [-0.4, -0.2) is 23.5 Å². The lowest BCUT2D eigenvalue weighted by Gasteiger charge is -2.13. The van der Waals surface area contributed by atoms with Crippen LogP contribution in [-0.2, 0) is 20.1 Å². The van der Waals surface area contributed by atoms with Crippen molar-refractivity contribution in [2.45, 2.75) is 26.9 Å². The molecule has 2 aromatic rings. The summed E-state index contributed by atoms with van der Waals surface area (Å²) in [5.74, 6) is 2.07. The molecule has 0 saturated carbocycles. The molecule has 0 fully saturated rings. The topological polar surface area (TPSA) is 48.3 Å². The number of methoxy groups -OCH3 is 1. The monoisotopic (exact) mass is 303 g/mol. The van der Waals surface area contributed by atoms with Gasteiger partial charge in [0.05, 0.1) is 19.9 Å². The molecule has 0 aliphatic carbocycles. The summed E-state index contributed by atoms with van der Waals surface area (Å²) in [4.78, 5) is 0. The van der Waals surface area contributed by atoms with E-state index in [9.17, 15) is 0 Å². The molecular weight excluding hydrogens is 278 g/mol. The average molecular weight is 303 g/mol. The second-order valence-corrected chi connectivity index (χ2v) is 5.82. The minimum atomic E-state index is 0.491. The number of aromatic nitrogens is 2. The second-order valence-electron chi connectivity index (χ2n) is 5.82. The fourth-order valence-corrected chi connectivity index (χ4v) is 2.11. The summed E-state index contributed by atoms with van der Waals surface area (Å²) in [6, 6.07) is 6.06. The van der Waals surface area contributed by atoms with Crippen LogP contribution in [0.25, 0.3) is 0 Å². The molecule has 0 unspecified atom stereocenters. The molecule has 0 atom stereocenters. The number of rotatable bonds is 8. The molecule has 1 N–H and O–H groups in total. The fraction of sp³-hybridized carbons (Fsp3) is 0.471. The molecule has 0 radical (unpaired) electrons. The third-order valence-electron chi connectivity index (χ3n) is 3.22. The lowest BCUT2D eigenvalue weighted by atomic mass is 10.2. The van der Waals surface area contributed by atoms with Crippen LogP contribution < -0.4 is 14.8 Å². The van der Waals surface area contributed by atoms with Crippen molar-refractivity contribution in [1.29, 1.82) is 0 Å². The van der Waals surface area contributed by atoms with Crippen molar-refractivity contribution in [2.75, 3.05) is 13.7 Å². The zero-order valence-corrected chi connectivity index (χ0v) is 13.8. The van der Waals surface area contributed by atoms with Crippen LogP contribution in [0.2, 0.25) is 0 Å². The van der Waals surface area contributed by atoms with E-state index >= 15 is 0 Å². The maximum absolute atomic E-state index is 5.76. The summed E-state index contributed by atoms with van der Waals surface area (Å²) in [5, 5.41) is 7.56. The molecular formula is C17H25N3O2. The molecule has 1 heterocycles. The third kappa shape index (κ3) is 4.77. The lowest BCUT2D eigenvalue weighted by Crippen LogP contribution is -2.12. The van der Waals surface area contributed by atoms with Crippen LogP contribution in [0.5, 0.6) is 11.5 Å². The number of benzene rings is 1.